The van der Waals surface area contributed by atoms with E-state index in [0.717, 1.165) is 0 Å². The average Bonchev–Trinajstić information content (AvgIpc) is 2.28. The molecular weight excluding hydrogens is 210 g/mol. The van der Waals surface area contributed by atoms with Crippen LogP contribution in [0.15, 0.2) is 0 Å². The lowest BCUT2D eigenvalue weighted by Crippen LogP contribution is -2.59. The van der Waals surface area contributed by atoms with E-state index in [0.29, 0.717) is 26.1 Å². The summed E-state index contributed by atoms with van der Waals surface area (Å²) in [4.78, 5) is 23.1. The first-order valence-corrected chi connectivity index (χ1v) is 5.39. The first-order valence-electron chi connectivity index (χ1n) is 5.39. The largest absolute Gasteiger partial charge is 0.381 e. The number of hydrogen-bond acceptors (Lipinski definition) is 4. The molecule has 1 heterocycles. The van der Waals surface area contributed by atoms with Gasteiger partial charge in [-0.1, -0.05) is 0 Å². The Balaban J connectivity index is 2.53. The second-order valence-electron chi connectivity index (χ2n) is 4.08. The normalized spacial score (nSPS) is 20.9. The molecular formula is C10H19N3O3. The predicted molar refractivity (Wildman–Crippen MR) is 58.6 cm³/mol. The molecule has 4 N–H and O–H groups in total. The molecule has 1 saturated heterocycles. The number of hydrogen-bond donors (Lipinski definition) is 3. The molecule has 0 spiro atoms. The van der Waals surface area contributed by atoms with Crippen molar-refractivity contribution >= 4 is 11.8 Å². The molecule has 16 heavy (non-hydrogen) atoms. The first-order chi connectivity index (χ1) is 7.49. The molecule has 0 aliphatic carbocycles. The molecule has 0 aromatic heterocycles. The monoisotopic (exact) mass is 229 g/mol. The topological polar surface area (TPSA) is 93.5 Å². The van der Waals surface area contributed by atoms with Gasteiger partial charge in [-0.25, -0.2) is 0 Å². The Kier molecular flexibility index (Phi) is 4.26. The fourth-order valence-electron chi connectivity index (χ4n) is 1.59. The second-order valence-corrected chi connectivity index (χ2v) is 4.08. The molecule has 1 aliphatic heterocycles. The lowest BCUT2D eigenvalue weighted by atomic mass is 9.90. The van der Waals surface area contributed by atoms with Gasteiger partial charge >= 0.3 is 0 Å². The van der Waals surface area contributed by atoms with Crippen LogP contribution in [0.1, 0.15) is 19.8 Å². The van der Waals surface area contributed by atoms with Crippen LogP contribution in [0.25, 0.3) is 0 Å². The minimum absolute atomic E-state index is 0.232. The number of rotatable bonds is 3. The van der Waals surface area contributed by atoms with Gasteiger partial charge in [0.25, 0.3) is 0 Å². The molecule has 6 heteroatoms. The number of carbonyl (C=O) groups is 2. The van der Waals surface area contributed by atoms with Crippen LogP contribution in [0, 0.1) is 0 Å². The second kappa shape index (κ2) is 5.27. The molecule has 1 atom stereocenters. The highest BCUT2D eigenvalue weighted by molar-refractivity contribution is 5.91. The Morgan fingerprint density at radius 3 is 2.44 bits per heavy atom. The van der Waals surface area contributed by atoms with Gasteiger partial charge in [-0.2, -0.15) is 0 Å². The highest BCUT2D eigenvalue weighted by atomic mass is 16.5. The van der Waals surface area contributed by atoms with Crippen LogP contribution in [-0.2, 0) is 14.3 Å². The van der Waals surface area contributed by atoms with E-state index in [9.17, 15) is 9.59 Å². The molecule has 6 nitrogen and oxygen atoms in total. The van der Waals surface area contributed by atoms with Crippen LogP contribution in [0.5, 0.6) is 0 Å². The summed E-state index contributed by atoms with van der Waals surface area (Å²) in [5.74, 6) is -0.518. The van der Waals surface area contributed by atoms with E-state index in [2.05, 4.69) is 10.6 Å². The summed E-state index contributed by atoms with van der Waals surface area (Å²) in [5, 5.41) is 5.08. The van der Waals surface area contributed by atoms with Gasteiger partial charge in [0.15, 0.2) is 0 Å². The van der Waals surface area contributed by atoms with Gasteiger partial charge in [-0.05, 0) is 19.8 Å². The molecule has 0 bridgehead atoms. The van der Waals surface area contributed by atoms with Gasteiger partial charge in [0.05, 0.1) is 5.54 Å². The van der Waals surface area contributed by atoms with Crippen molar-refractivity contribution < 1.29 is 14.3 Å². The molecule has 0 saturated carbocycles. The smallest absolute Gasteiger partial charge is 0.242 e. The Morgan fingerprint density at radius 2 is 1.94 bits per heavy atom. The SMILES string of the molecule is CNC(=O)C(C)NC(=O)C1(N)CCOCC1. The van der Waals surface area contributed by atoms with Crippen molar-refractivity contribution in [1.82, 2.24) is 10.6 Å². The number of ether oxygens (including phenoxy) is 1. The third kappa shape index (κ3) is 2.93. The standard InChI is InChI=1S/C10H19N3O3/c1-7(8(14)12-2)13-9(15)10(11)3-5-16-6-4-10/h7H,3-6,11H2,1-2H3,(H,12,14)(H,13,15). The van der Waals surface area contributed by atoms with E-state index >= 15 is 0 Å². The fraction of sp³-hybridized carbons (Fsp3) is 0.800. The lowest BCUT2D eigenvalue weighted by molar-refractivity contribution is -0.133. The minimum Gasteiger partial charge on any atom is -0.381 e. The molecule has 1 aliphatic rings. The maximum absolute atomic E-state index is 11.9. The average molecular weight is 229 g/mol. The molecule has 0 radical (unpaired) electrons. The summed E-state index contributed by atoms with van der Waals surface area (Å²) in [6.07, 6.45) is 0.971. The molecule has 1 rings (SSSR count). The highest BCUT2D eigenvalue weighted by Gasteiger charge is 2.36. The van der Waals surface area contributed by atoms with E-state index in [4.69, 9.17) is 10.5 Å². The van der Waals surface area contributed by atoms with Gasteiger partial charge in [0.2, 0.25) is 11.8 Å². The van der Waals surface area contributed by atoms with E-state index in [1.165, 1.54) is 7.05 Å². The number of likely N-dealkylation sites (N-methyl/N-ethyl adjacent to an activating group) is 1. The third-order valence-electron chi connectivity index (χ3n) is 2.82. The zero-order valence-corrected chi connectivity index (χ0v) is 9.71. The Hall–Kier alpha value is -1.14. The van der Waals surface area contributed by atoms with Crippen molar-refractivity contribution in [1.29, 1.82) is 0 Å². The van der Waals surface area contributed by atoms with E-state index in [1.807, 2.05) is 0 Å². The molecule has 2 amide bonds. The van der Waals surface area contributed by atoms with E-state index in [1.54, 1.807) is 6.92 Å². The van der Waals surface area contributed by atoms with Crippen LogP contribution >= 0.6 is 0 Å². The zero-order chi connectivity index (χ0) is 12.2. The first kappa shape index (κ1) is 12.9. The maximum atomic E-state index is 11.9. The summed E-state index contributed by atoms with van der Waals surface area (Å²) in [6.45, 7) is 2.59. The van der Waals surface area contributed by atoms with Gasteiger partial charge in [0, 0.05) is 20.3 Å². The summed E-state index contributed by atoms with van der Waals surface area (Å²) in [5.41, 5.74) is 5.07. The Morgan fingerprint density at radius 1 is 1.38 bits per heavy atom. The van der Waals surface area contributed by atoms with Crippen LogP contribution in [0.3, 0.4) is 0 Å². The summed E-state index contributed by atoms with van der Waals surface area (Å²) >= 11 is 0. The number of carbonyl (C=O) groups excluding carboxylic acids is 2. The quantitative estimate of drug-likeness (QED) is 0.563. The Bertz CT molecular complexity index is 274. The number of nitrogens with one attached hydrogen (secondary N) is 2. The lowest BCUT2D eigenvalue weighted by Gasteiger charge is -2.32. The van der Waals surface area contributed by atoms with Crippen LogP contribution < -0.4 is 16.4 Å². The van der Waals surface area contributed by atoms with Crippen LogP contribution in [-0.4, -0.2) is 43.7 Å². The van der Waals surface area contributed by atoms with Crippen molar-refractivity contribution in [2.45, 2.75) is 31.3 Å². The van der Waals surface area contributed by atoms with Gasteiger partial charge in [-0.3, -0.25) is 9.59 Å². The van der Waals surface area contributed by atoms with E-state index in [-0.39, 0.29) is 11.8 Å². The summed E-state index contributed by atoms with van der Waals surface area (Å²) < 4.78 is 5.15. The third-order valence-corrected chi connectivity index (χ3v) is 2.82. The van der Waals surface area contributed by atoms with Gasteiger partial charge < -0.3 is 21.1 Å². The van der Waals surface area contributed by atoms with Crippen molar-refractivity contribution in [3.05, 3.63) is 0 Å². The van der Waals surface area contributed by atoms with Crippen molar-refractivity contribution in [2.75, 3.05) is 20.3 Å². The highest BCUT2D eigenvalue weighted by Crippen LogP contribution is 2.17. The Labute approximate surface area is 94.9 Å². The van der Waals surface area contributed by atoms with Crippen LogP contribution in [0.2, 0.25) is 0 Å². The van der Waals surface area contributed by atoms with Gasteiger partial charge in [-0.15, -0.1) is 0 Å². The zero-order valence-electron chi connectivity index (χ0n) is 9.71. The van der Waals surface area contributed by atoms with Crippen LogP contribution in [0.4, 0.5) is 0 Å². The molecule has 1 unspecified atom stereocenters. The van der Waals surface area contributed by atoms with Crippen molar-refractivity contribution in [3.63, 3.8) is 0 Å². The molecule has 0 aromatic rings. The van der Waals surface area contributed by atoms with Gasteiger partial charge in [0.1, 0.15) is 6.04 Å². The summed E-state index contributed by atoms with van der Waals surface area (Å²) in [7, 11) is 1.53. The maximum Gasteiger partial charge on any atom is 0.242 e. The summed E-state index contributed by atoms with van der Waals surface area (Å²) in [6, 6.07) is -0.569. The van der Waals surface area contributed by atoms with Crippen molar-refractivity contribution in [3.8, 4) is 0 Å². The molecule has 0 aromatic carbocycles. The molecule has 92 valence electrons. The predicted octanol–water partition coefficient (Wildman–Crippen LogP) is -1.25. The minimum atomic E-state index is -0.902. The number of nitrogens with two attached hydrogens (primary N) is 1. The van der Waals surface area contributed by atoms with E-state index < -0.39 is 11.6 Å². The number of amides is 2. The fourth-order valence-corrected chi connectivity index (χ4v) is 1.59. The van der Waals surface area contributed by atoms with Crippen molar-refractivity contribution in [2.24, 2.45) is 5.73 Å². The molecule has 1 fully saturated rings.